The zero-order chi connectivity index (χ0) is 39.4. The lowest BCUT2D eigenvalue weighted by atomic mass is 10.1. The van der Waals surface area contributed by atoms with Gasteiger partial charge in [0.05, 0.1) is 0 Å². The molecule has 0 aliphatic rings. The molecule has 1 atom stereocenters. The van der Waals surface area contributed by atoms with Crippen molar-refractivity contribution in [3.8, 4) is 0 Å². The molecular weight excluding hydrogens is 673 g/mol. The standard InChI is InChI=1S/C48H84O6/c1-4-7-10-13-16-19-22-24-25-27-29-32-35-38-41-47(50)53-44-45(43-52-46(49)40-37-34-31-28-21-18-15-12-9-6-3)54-48(51)42-39-36-33-30-26-23-20-17-14-11-8-5-2/h7,10,15-20,45H,4-6,8-9,11-14,21-44H2,1-3H3/b10-7-,18-15-,19-16-,20-17-. The van der Waals surface area contributed by atoms with E-state index in [1.54, 1.807) is 0 Å². The molecule has 0 amide bonds. The Morgan fingerprint density at radius 1 is 0.389 bits per heavy atom. The third-order valence-electron chi connectivity index (χ3n) is 9.54. The summed E-state index contributed by atoms with van der Waals surface area (Å²) < 4.78 is 16.7. The van der Waals surface area contributed by atoms with E-state index in [0.29, 0.717) is 19.3 Å². The molecule has 0 aliphatic heterocycles. The van der Waals surface area contributed by atoms with Gasteiger partial charge in [0.1, 0.15) is 13.2 Å². The van der Waals surface area contributed by atoms with E-state index >= 15 is 0 Å². The summed E-state index contributed by atoms with van der Waals surface area (Å²) in [5.41, 5.74) is 0. The van der Waals surface area contributed by atoms with Gasteiger partial charge in [0.2, 0.25) is 0 Å². The van der Waals surface area contributed by atoms with Crippen LogP contribution in [0.25, 0.3) is 0 Å². The third-order valence-corrected chi connectivity index (χ3v) is 9.54. The fourth-order valence-corrected chi connectivity index (χ4v) is 6.10. The summed E-state index contributed by atoms with van der Waals surface area (Å²) in [5.74, 6) is -0.918. The van der Waals surface area contributed by atoms with Crippen molar-refractivity contribution in [2.75, 3.05) is 13.2 Å². The van der Waals surface area contributed by atoms with Gasteiger partial charge in [-0.15, -0.1) is 0 Å². The number of ether oxygens (including phenoxy) is 3. The van der Waals surface area contributed by atoms with Gasteiger partial charge < -0.3 is 14.2 Å². The summed E-state index contributed by atoms with van der Waals surface area (Å²) in [7, 11) is 0. The lowest BCUT2D eigenvalue weighted by molar-refractivity contribution is -0.167. The highest BCUT2D eigenvalue weighted by atomic mass is 16.6. The zero-order valence-electron chi connectivity index (χ0n) is 35.5. The predicted octanol–water partition coefficient (Wildman–Crippen LogP) is 14.4. The lowest BCUT2D eigenvalue weighted by Crippen LogP contribution is -2.30. The lowest BCUT2D eigenvalue weighted by Gasteiger charge is -2.18. The number of allylic oxidation sites excluding steroid dienone is 8. The SMILES string of the molecule is CC/C=C\C/C=C\CCCCCCCCCC(=O)OCC(COC(=O)CCCCCC/C=C\CCCC)OC(=O)CCCCCCC/C=C\CCCCC. The topological polar surface area (TPSA) is 78.9 Å². The molecule has 6 nitrogen and oxygen atoms in total. The highest BCUT2D eigenvalue weighted by molar-refractivity contribution is 5.71. The normalized spacial score (nSPS) is 12.4. The van der Waals surface area contributed by atoms with E-state index in [4.69, 9.17) is 14.2 Å². The first-order valence-electron chi connectivity index (χ1n) is 22.6. The first kappa shape index (κ1) is 51.4. The summed E-state index contributed by atoms with van der Waals surface area (Å²) >= 11 is 0. The van der Waals surface area contributed by atoms with Crippen molar-refractivity contribution in [3.05, 3.63) is 48.6 Å². The maximum absolute atomic E-state index is 12.7. The van der Waals surface area contributed by atoms with Gasteiger partial charge >= 0.3 is 17.9 Å². The van der Waals surface area contributed by atoms with E-state index in [1.165, 1.54) is 70.6 Å². The molecule has 0 aliphatic carbocycles. The number of unbranched alkanes of at least 4 members (excludes halogenated alkanes) is 21. The molecule has 0 rings (SSSR count). The minimum Gasteiger partial charge on any atom is -0.462 e. The second-order valence-corrected chi connectivity index (χ2v) is 14.9. The molecule has 54 heavy (non-hydrogen) atoms. The maximum atomic E-state index is 12.7. The van der Waals surface area contributed by atoms with Gasteiger partial charge in [-0.05, 0) is 89.9 Å². The molecule has 0 saturated carbocycles. The second kappa shape index (κ2) is 43.1. The van der Waals surface area contributed by atoms with Gasteiger partial charge in [-0.3, -0.25) is 14.4 Å². The Kier molecular flexibility index (Phi) is 41.0. The summed E-state index contributed by atoms with van der Waals surface area (Å²) in [4.78, 5) is 37.7. The van der Waals surface area contributed by atoms with Crippen LogP contribution in [0.4, 0.5) is 0 Å². The number of carbonyl (C=O) groups is 3. The van der Waals surface area contributed by atoms with Gasteiger partial charge in [0.15, 0.2) is 6.10 Å². The van der Waals surface area contributed by atoms with Crippen molar-refractivity contribution in [1.82, 2.24) is 0 Å². The van der Waals surface area contributed by atoms with Crippen molar-refractivity contribution < 1.29 is 28.6 Å². The average molecular weight is 757 g/mol. The molecule has 0 aromatic rings. The maximum Gasteiger partial charge on any atom is 0.306 e. The Hall–Kier alpha value is -2.63. The van der Waals surface area contributed by atoms with Crippen LogP contribution >= 0.6 is 0 Å². The van der Waals surface area contributed by atoms with E-state index in [1.807, 2.05) is 0 Å². The molecule has 0 saturated heterocycles. The van der Waals surface area contributed by atoms with Crippen LogP contribution in [0.3, 0.4) is 0 Å². The Bertz CT molecular complexity index is 964. The van der Waals surface area contributed by atoms with Crippen molar-refractivity contribution >= 4 is 17.9 Å². The summed E-state index contributed by atoms with van der Waals surface area (Å²) in [5, 5.41) is 0. The molecule has 0 spiro atoms. The van der Waals surface area contributed by atoms with Crippen LogP contribution in [-0.4, -0.2) is 37.2 Å². The van der Waals surface area contributed by atoms with Gasteiger partial charge in [0.25, 0.3) is 0 Å². The van der Waals surface area contributed by atoms with Gasteiger partial charge in [-0.1, -0.05) is 159 Å². The van der Waals surface area contributed by atoms with Gasteiger partial charge in [-0.2, -0.15) is 0 Å². The van der Waals surface area contributed by atoms with E-state index in [9.17, 15) is 14.4 Å². The number of hydrogen-bond acceptors (Lipinski definition) is 6. The Balaban J connectivity index is 4.39. The zero-order valence-corrected chi connectivity index (χ0v) is 35.5. The fraction of sp³-hybridized carbons (Fsp3) is 0.771. The molecule has 0 fully saturated rings. The van der Waals surface area contributed by atoms with Crippen LogP contribution in [0.2, 0.25) is 0 Å². The number of esters is 3. The van der Waals surface area contributed by atoms with E-state index in [-0.39, 0.29) is 31.1 Å². The molecule has 0 aromatic heterocycles. The van der Waals surface area contributed by atoms with Crippen molar-refractivity contribution in [2.45, 2.75) is 226 Å². The van der Waals surface area contributed by atoms with Gasteiger partial charge in [0, 0.05) is 19.3 Å². The van der Waals surface area contributed by atoms with Crippen LogP contribution in [0.1, 0.15) is 220 Å². The molecule has 0 radical (unpaired) electrons. The second-order valence-electron chi connectivity index (χ2n) is 14.9. The Labute approximate surface area is 333 Å². The minimum absolute atomic E-state index is 0.0844. The highest BCUT2D eigenvalue weighted by Gasteiger charge is 2.19. The molecule has 312 valence electrons. The van der Waals surface area contributed by atoms with Crippen molar-refractivity contribution in [3.63, 3.8) is 0 Å². The van der Waals surface area contributed by atoms with Crippen LogP contribution in [-0.2, 0) is 28.6 Å². The van der Waals surface area contributed by atoms with Crippen LogP contribution < -0.4 is 0 Å². The van der Waals surface area contributed by atoms with E-state index < -0.39 is 6.10 Å². The molecule has 0 aromatic carbocycles. The predicted molar refractivity (Wildman–Crippen MR) is 229 cm³/mol. The molecule has 0 heterocycles. The average Bonchev–Trinajstić information content (AvgIpc) is 3.17. The van der Waals surface area contributed by atoms with E-state index in [0.717, 1.165) is 109 Å². The highest BCUT2D eigenvalue weighted by Crippen LogP contribution is 2.13. The molecule has 0 N–H and O–H groups in total. The number of rotatable bonds is 40. The van der Waals surface area contributed by atoms with Crippen LogP contribution in [0, 0.1) is 0 Å². The van der Waals surface area contributed by atoms with Gasteiger partial charge in [-0.25, -0.2) is 0 Å². The first-order valence-corrected chi connectivity index (χ1v) is 22.6. The Morgan fingerprint density at radius 2 is 0.741 bits per heavy atom. The number of hydrogen-bond donors (Lipinski definition) is 0. The van der Waals surface area contributed by atoms with Crippen LogP contribution in [0.15, 0.2) is 48.6 Å². The first-order chi connectivity index (χ1) is 26.5. The molecule has 0 bridgehead atoms. The largest absolute Gasteiger partial charge is 0.462 e. The summed E-state index contributed by atoms with van der Waals surface area (Å²) in [6.45, 7) is 6.43. The monoisotopic (exact) mass is 757 g/mol. The minimum atomic E-state index is -0.781. The third kappa shape index (κ3) is 40.6. The number of carbonyl (C=O) groups excluding carboxylic acids is 3. The summed E-state index contributed by atoms with van der Waals surface area (Å²) in [6, 6.07) is 0. The van der Waals surface area contributed by atoms with Crippen molar-refractivity contribution in [1.29, 1.82) is 0 Å². The molecular formula is C48H84O6. The molecule has 6 heteroatoms. The Morgan fingerprint density at radius 3 is 1.19 bits per heavy atom. The fourth-order valence-electron chi connectivity index (χ4n) is 6.10. The quantitative estimate of drug-likeness (QED) is 0.0268. The smallest absolute Gasteiger partial charge is 0.306 e. The van der Waals surface area contributed by atoms with Crippen molar-refractivity contribution in [2.24, 2.45) is 0 Å². The summed E-state index contributed by atoms with van der Waals surface area (Å²) in [6.07, 6.45) is 49.5. The van der Waals surface area contributed by atoms with E-state index in [2.05, 4.69) is 69.4 Å². The molecule has 1 unspecified atom stereocenters. The van der Waals surface area contributed by atoms with Crippen LogP contribution in [0.5, 0.6) is 0 Å².